The number of hydrogen-bond donors (Lipinski definition) is 0. The van der Waals surface area contributed by atoms with Crippen LogP contribution in [0.3, 0.4) is 0 Å². The maximum atomic E-state index is 12.0. The van der Waals surface area contributed by atoms with Crippen molar-refractivity contribution >= 4 is 5.91 Å². The summed E-state index contributed by atoms with van der Waals surface area (Å²) in [6.45, 7) is 7.89. The van der Waals surface area contributed by atoms with Crippen molar-refractivity contribution < 1.29 is 4.79 Å². The number of unbranched alkanes of at least 4 members (excludes halogenated alkanes) is 1. The molecule has 1 aliphatic rings. The maximum absolute atomic E-state index is 12.0. The first-order chi connectivity index (χ1) is 9.72. The van der Waals surface area contributed by atoms with Crippen molar-refractivity contribution in [3.63, 3.8) is 0 Å². The molecule has 0 spiro atoms. The number of rotatable bonds is 5. The molecule has 110 valence electrons. The van der Waals surface area contributed by atoms with Gasteiger partial charge in [-0.1, -0.05) is 19.4 Å². The van der Waals surface area contributed by atoms with Gasteiger partial charge in [-0.05, 0) is 25.5 Å². The van der Waals surface area contributed by atoms with Gasteiger partial charge in [-0.2, -0.15) is 0 Å². The van der Waals surface area contributed by atoms with E-state index < -0.39 is 0 Å². The standard InChI is InChI=1S/C16H25N3O/c1-3-4-8-16(20)19-12-10-18(11-13-19)14(2)15-7-5-6-9-17-15/h5-7,9,14H,3-4,8,10-13H2,1-2H3. The number of pyridine rings is 1. The van der Waals surface area contributed by atoms with Crippen molar-refractivity contribution in [2.75, 3.05) is 26.2 Å². The number of aromatic nitrogens is 1. The fourth-order valence-electron chi connectivity index (χ4n) is 2.65. The molecule has 0 radical (unpaired) electrons. The molecule has 0 bridgehead atoms. The van der Waals surface area contributed by atoms with E-state index in [1.54, 1.807) is 0 Å². The van der Waals surface area contributed by atoms with E-state index in [0.29, 0.717) is 18.4 Å². The van der Waals surface area contributed by atoms with Gasteiger partial charge in [0.15, 0.2) is 0 Å². The van der Waals surface area contributed by atoms with E-state index in [2.05, 4.69) is 29.8 Å². The molecule has 2 rings (SSSR count). The molecule has 1 fully saturated rings. The molecule has 4 heteroatoms. The summed E-state index contributed by atoms with van der Waals surface area (Å²) in [6, 6.07) is 6.37. The predicted octanol–water partition coefficient (Wildman–Crippen LogP) is 2.48. The predicted molar refractivity (Wildman–Crippen MR) is 80.3 cm³/mol. The van der Waals surface area contributed by atoms with Crippen LogP contribution in [0.25, 0.3) is 0 Å². The minimum atomic E-state index is 0.317. The van der Waals surface area contributed by atoms with Gasteiger partial charge in [-0.25, -0.2) is 0 Å². The van der Waals surface area contributed by atoms with E-state index in [9.17, 15) is 4.79 Å². The monoisotopic (exact) mass is 275 g/mol. The van der Waals surface area contributed by atoms with E-state index in [1.807, 2.05) is 23.2 Å². The summed E-state index contributed by atoms with van der Waals surface area (Å²) in [4.78, 5) is 20.8. The van der Waals surface area contributed by atoms with Crippen LogP contribution in [0.5, 0.6) is 0 Å². The average molecular weight is 275 g/mol. The summed E-state index contributed by atoms with van der Waals surface area (Å²) in [5, 5.41) is 0. The molecule has 1 saturated heterocycles. The molecule has 20 heavy (non-hydrogen) atoms. The van der Waals surface area contributed by atoms with Crippen LogP contribution in [0.2, 0.25) is 0 Å². The van der Waals surface area contributed by atoms with Crippen molar-refractivity contribution in [3.8, 4) is 0 Å². The van der Waals surface area contributed by atoms with Crippen LogP contribution >= 0.6 is 0 Å². The normalized spacial score (nSPS) is 18.0. The topological polar surface area (TPSA) is 36.4 Å². The van der Waals surface area contributed by atoms with Crippen molar-refractivity contribution in [1.82, 2.24) is 14.8 Å². The highest BCUT2D eigenvalue weighted by atomic mass is 16.2. The van der Waals surface area contributed by atoms with Crippen LogP contribution in [0.15, 0.2) is 24.4 Å². The lowest BCUT2D eigenvalue weighted by Gasteiger charge is -2.37. The van der Waals surface area contributed by atoms with E-state index in [1.165, 1.54) is 0 Å². The van der Waals surface area contributed by atoms with E-state index >= 15 is 0 Å². The Labute approximate surface area is 121 Å². The Morgan fingerprint density at radius 2 is 2.05 bits per heavy atom. The largest absolute Gasteiger partial charge is 0.340 e. The first-order valence-corrected chi connectivity index (χ1v) is 7.65. The van der Waals surface area contributed by atoms with Crippen LogP contribution in [0.1, 0.15) is 44.8 Å². The zero-order valence-corrected chi connectivity index (χ0v) is 12.6. The van der Waals surface area contributed by atoms with Gasteiger partial charge in [0, 0.05) is 44.8 Å². The van der Waals surface area contributed by atoms with Gasteiger partial charge in [0.05, 0.1) is 5.69 Å². The third kappa shape index (κ3) is 3.79. The molecule has 1 atom stereocenters. The summed E-state index contributed by atoms with van der Waals surface area (Å²) in [5.41, 5.74) is 1.11. The number of nitrogens with zero attached hydrogens (tertiary/aromatic N) is 3. The SMILES string of the molecule is CCCCC(=O)N1CCN(C(C)c2ccccn2)CC1. The number of piperazine rings is 1. The average Bonchev–Trinajstić information content (AvgIpc) is 2.53. The summed E-state index contributed by atoms with van der Waals surface area (Å²) >= 11 is 0. The summed E-state index contributed by atoms with van der Waals surface area (Å²) in [5.74, 6) is 0.317. The van der Waals surface area contributed by atoms with Crippen LogP contribution in [-0.4, -0.2) is 46.9 Å². The Balaban J connectivity index is 1.83. The van der Waals surface area contributed by atoms with E-state index in [0.717, 1.165) is 44.7 Å². The molecule has 0 aromatic carbocycles. The number of hydrogen-bond acceptors (Lipinski definition) is 3. The molecule has 2 heterocycles. The van der Waals surface area contributed by atoms with Crippen molar-refractivity contribution in [2.24, 2.45) is 0 Å². The fraction of sp³-hybridized carbons (Fsp3) is 0.625. The Hall–Kier alpha value is -1.42. The summed E-state index contributed by atoms with van der Waals surface area (Å²) < 4.78 is 0. The van der Waals surface area contributed by atoms with E-state index in [4.69, 9.17) is 0 Å². The van der Waals surface area contributed by atoms with Crippen molar-refractivity contribution in [1.29, 1.82) is 0 Å². The Kier molecular flexibility index (Phi) is 5.53. The van der Waals surface area contributed by atoms with Crippen LogP contribution < -0.4 is 0 Å². The first kappa shape index (κ1) is 15.0. The van der Waals surface area contributed by atoms with Crippen LogP contribution in [0.4, 0.5) is 0 Å². The summed E-state index contributed by atoms with van der Waals surface area (Å²) in [6.07, 6.45) is 4.63. The first-order valence-electron chi connectivity index (χ1n) is 7.65. The quantitative estimate of drug-likeness (QED) is 0.828. The molecule has 1 aliphatic heterocycles. The summed E-state index contributed by atoms with van der Waals surface area (Å²) in [7, 11) is 0. The number of amides is 1. The lowest BCUT2D eigenvalue weighted by atomic mass is 10.1. The highest BCUT2D eigenvalue weighted by molar-refractivity contribution is 5.76. The molecule has 1 amide bonds. The van der Waals surface area contributed by atoms with Crippen LogP contribution in [0, 0.1) is 0 Å². The third-order valence-electron chi connectivity index (χ3n) is 4.07. The molecule has 0 aliphatic carbocycles. The lowest BCUT2D eigenvalue weighted by molar-refractivity contribution is -0.133. The van der Waals surface area contributed by atoms with Gasteiger partial charge in [0.1, 0.15) is 0 Å². The van der Waals surface area contributed by atoms with Crippen molar-refractivity contribution in [3.05, 3.63) is 30.1 Å². The molecular formula is C16H25N3O. The second-order valence-electron chi connectivity index (χ2n) is 5.45. The maximum Gasteiger partial charge on any atom is 0.222 e. The minimum Gasteiger partial charge on any atom is -0.340 e. The van der Waals surface area contributed by atoms with Crippen molar-refractivity contribution in [2.45, 2.75) is 39.2 Å². The molecule has 0 N–H and O–H groups in total. The Morgan fingerprint density at radius 3 is 2.65 bits per heavy atom. The second-order valence-corrected chi connectivity index (χ2v) is 5.45. The molecule has 0 saturated carbocycles. The lowest BCUT2D eigenvalue weighted by Crippen LogP contribution is -2.49. The minimum absolute atomic E-state index is 0.317. The fourth-order valence-corrected chi connectivity index (χ4v) is 2.65. The van der Waals surface area contributed by atoms with Gasteiger partial charge >= 0.3 is 0 Å². The Bertz CT molecular complexity index is 413. The zero-order chi connectivity index (χ0) is 14.4. The van der Waals surface area contributed by atoms with Gasteiger partial charge in [-0.15, -0.1) is 0 Å². The molecular weight excluding hydrogens is 250 g/mol. The molecule has 1 aromatic rings. The molecule has 1 unspecified atom stereocenters. The Morgan fingerprint density at radius 1 is 1.30 bits per heavy atom. The molecule has 4 nitrogen and oxygen atoms in total. The van der Waals surface area contributed by atoms with Gasteiger partial charge < -0.3 is 4.90 Å². The highest BCUT2D eigenvalue weighted by Gasteiger charge is 2.24. The smallest absolute Gasteiger partial charge is 0.222 e. The van der Waals surface area contributed by atoms with Gasteiger partial charge in [-0.3, -0.25) is 14.7 Å². The van der Waals surface area contributed by atoms with Gasteiger partial charge in [0.25, 0.3) is 0 Å². The zero-order valence-electron chi connectivity index (χ0n) is 12.6. The third-order valence-corrected chi connectivity index (χ3v) is 4.07. The number of carbonyl (C=O) groups is 1. The molecule has 1 aromatic heterocycles. The highest BCUT2D eigenvalue weighted by Crippen LogP contribution is 2.19. The van der Waals surface area contributed by atoms with Gasteiger partial charge in [0.2, 0.25) is 5.91 Å². The second kappa shape index (κ2) is 7.39. The number of carbonyl (C=O) groups excluding carboxylic acids is 1. The van der Waals surface area contributed by atoms with Crippen LogP contribution in [-0.2, 0) is 4.79 Å². The van der Waals surface area contributed by atoms with E-state index in [-0.39, 0.29) is 0 Å².